The van der Waals surface area contributed by atoms with Crippen molar-refractivity contribution in [2.45, 2.75) is 0 Å². The van der Waals surface area contributed by atoms with Crippen molar-refractivity contribution >= 4 is 22.6 Å². The van der Waals surface area contributed by atoms with Gasteiger partial charge < -0.3 is 9.15 Å². The molecule has 0 fully saturated rings. The van der Waals surface area contributed by atoms with E-state index in [1.807, 2.05) is 30.3 Å². The second-order valence-corrected chi connectivity index (χ2v) is 3.02. The topological polar surface area (TPSA) is 22.4 Å². The van der Waals surface area contributed by atoms with Gasteiger partial charge in [0.05, 0.1) is 5.88 Å². The molecule has 0 atom stereocenters. The summed E-state index contributed by atoms with van der Waals surface area (Å²) < 4.78 is 10.6. The molecule has 0 radical (unpaired) electrons. The van der Waals surface area contributed by atoms with E-state index in [1.165, 1.54) is 0 Å². The number of ether oxygens (including phenoxy) is 1. The molecule has 1 heterocycles. The average Bonchev–Trinajstić information content (AvgIpc) is 2.57. The second kappa shape index (κ2) is 3.71. The lowest BCUT2D eigenvalue weighted by Crippen LogP contribution is -1.95. The monoisotopic (exact) mass is 196 g/mol. The standard InChI is InChI=1S/C10H9ClO2/c11-5-6-12-10-7-8-3-1-2-4-9(8)13-10/h1-4,7H,5-6H2. The first kappa shape index (κ1) is 8.45. The maximum absolute atomic E-state index is 5.48. The molecule has 0 saturated heterocycles. The van der Waals surface area contributed by atoms with Gasteiger partial charge in [-0.05, 0) is 6.07 Å². The minimum Gasteiger partial charge on any atom is -0.464 e. The predicted octanol–water partition coefficient (Wildman–Crippen LogP) is 3.05. The highest BCUT2D eigenvalue weighted by Crippen LogP contribution is 2.24. The van der Waals surface area contributed by atoms with Crippen LogP contribution in [0.15, 0.2) is 34.7 Å². The Kier molecular flexibility index (Phi) is 2.41. The number of hydrogen-bond donors (Lipinski definition) is 0. The summed E-state index contributed by atoms with van der Waals surface area (Å²) in [7, 11) is 0. The minimum absolute atomic E-state index is 0.469. The van der Waals surface area contributed by atoms with Crippen LogP contribution in [0, 0.1) is 0 Å². The van der Waals surface area contributed by atoms with Crippen LogP contribution in [0.3, 0.4) is 0 Å². The van der Waals surface area contributed by atoms with E-state index in [4.69, 9.17) is 20.8 Å². The fraction of sp³-hybridized carbons (Fsp3) is 0.200. The van der Waals surface area contributed by atoms with Crippen LogP contribution < -0.4 is 4.74 Å². The van der Waals surface area contributed by atoms with Crippen molar-refractivity contribution in [2.24, 2.45) is 0 Å². The fourth-order valence-electron chi connectivity index (χ4n) is 1.17. The zero-order valence-corrected chi connectivity index (χ0v) is 7.75. The smallest absolute Gasteiger partial charge is 0.285 e. The molecule has 0 aliphatic rings. The minimum atomic E-state index is 0.469. The van der Waals surface area contributed by atoms with Gasteiger partial charge in [0.1, 0.15) is 12.2 Å². The maximum atomic E-state index is 5.48. The largest absolute Gasteiger partial charge is 0.464 e. The maximum Gasteiger partial charge on any atom is 0.285 e. The second-order valence-electron chi connectivity index (χ2n) is 2.64. The van der Waals surface area contributed by atoms with E-state index in [0.29, 0.717) is 18.4 Å². The van der Waals surface area contributed by atoms with E-state index in [0.717, 1.165) is 11.0 Å². The lowest BCUT2D eigenvalue weighted by atomic mass is 10.3. The molecule has 0 aliphatic carbocycles. The summed E-state index contributed by atoms with van der Waals surface area (Å²) in [6, 6.07) is 9.64. The van der Waals surface area contributed by atoms with E-state index in [9.17, 15) is 0 Å². The van der Waals surface area contributed by atoms with Crippen molar-refractivity contribution in [1.29, 1.82) is 0 Å². The number of benzene rings is 1. The van der Waals surface area contributed by atoms with E-state index in [1.54, 1.807) is 0 Å². The van der Waals surface area contributed by atoms with Crippen LogP contribution in [0.5, 0.6) is 5.95 Å². The van der Waals surface area contributed by atoms with Gasteiger partial charge in [0.2, 0.25) is 0 Å². The summed E-state index contributed by atoms with van der Waals surface area (Å²) in [5.41, 5.74) is 0.840. The molecule has 3 heteroatoms. The number of fused-ring (bicyclic) bond motifs is 1. The van der Waals surface area contributed by atoms with Gasteiger partial charge in [0.25, 0.3) is 5.95 Å². The SMILES string of the molecule is ClCCOc1cc2ccccc2o1. The van der Waals surface area contributed by atoms with Gasteiger partial charge in [-0.1, -0.05) is 18.2 Å². The van der Waals surface area contributed by atoms with Gasteiger partial charge in [-0.2, -0.15) is 0 Å². The van der Waals surface area contributed by atoms with Gasteiger partial charge in [-0.25, -0.2) is 0 Å². The summed E-state index contributed by atoms with van der Waals surface area (Å²) >= 11 is 5.48. The summed E-state index contributed by atoms with van der Waals surface area (Å²) in [4.78, 5) is 0. The normalized spacial score (nSPS) is 10.5. The number of alkyl halides is 1. The van der Waals surface area contributed by atoms with Crippen molar-refractivity contribution in [3.8, 4) is 5.95 Å². The first-order valence-corrected chi connectivity index (χ1v) is 4.61. The summed E-state index contributed by atoms with van der Waals surface area (Å²) in [6.45, 7) is 0.474. The molecule has 2 aromatic rings. The molecule has 0 saturated carbocycles. The highest BCUT2D eigenvalue weighted by Gasteiger charge is 2.02. The predicted molar refractivity (Wildman–Crippen MR) is 52.4 cm³/mol. The Morgan fingerprint density at radius 3 is 2.92 bits per heavy atom. The number of halogens is 1. The van der Waals surface area contributed by atoms with Crippen molar-refractivity contribution in [2.75, 3.05) is 12.5 Å². The lowest BCUT2D eigenvalue weighted by molar-refractivity contribution is 0.267. The molecular weight excluding hydrogens is 188 g/mol. The molecule has 0 amide bonds. The molecule has 0 unspecified atom stereocenters. The number of furan rings is 1. The summed E-state index contributed by atoms with van der Waals surface area (Å²) in [6.07, 6.45) is 0. The molecule has 0 aliphatic heterocycles. The Morgan fingerprint density at radius 1 is 1.31 bits per heavy atom. The zero-order chi connectivity index (χ0) is 9.10. The summed E-state index contributed by atoms with van der Waals surface area (Å²) in [5, 5.41) is 1.05. The third kappa shape index (κ3) is 1.78. The van der Waals surface area contributed by atoms with Crippen molar-refractivity contribution in [3.63, 3.8) is 0 Å². The molecule has 13 heavy (non-hydrogen) atoms. The fourth-order valence-corrected chi connectivity index (χ4v) is 1.24. The van der Waals surface area contributed by atoms with Crippen LogP contribution in [0.2, 0.25) is 0 Å². The Morgan fingerprint density at radius 2 is 2.15 bits per heavy atom. The molecule has 68 valence electrons. The van der Waals surface area contributed by atoms with Crippen LogP contribution in [0.1, 0.15) is 0 Å². The van der Waals surface area contributed by atoms with E-state index in [2.05, 4.69) is 0 Å². The van der Waals surface area contributed by atoms with Crippen LogP contribution >= 0.6 is 11.6 Å². The van der Waals surface area contributed by atoms with Crippen LogP contribution in [0.25, 0.3) is 11.0 Å². The average molecular weight is 197 g/mol. The first-order valence-electron chi connectivity index (χ1n) is 4.07. The summed E-state index contributed by atoms with van der Waals surface area (Å²) in [5.74, 6) is 0.999. The quantitative estimate of drug-likeness (QED) is 0.704. The number of para-hydroxylation sites is 1. The molecule has 2 rings (SSSR count). The van der Waals surface area contributed by atoms with Gasteiger partial charge in [-0.15, -0.1) is 11.6 Å². The highest BCUT2D eigenvalue weighted by molar-refractivity contribution is 6.18. The molecule has 0 spiro atoms. The molecule has 1 aromatic carbocycles. The Labute approximate surface area is 81.1 Å². The molecule has 0 bridgehead atoms. The molecule has 2 nitrogen and oxygen atoms in total. The van der Waals surface area contributed by atoms with Crippen LogP contribution in [0.4, 0.5) is 0 Å². The Balaban J connectivity index is 2.28. The molecular formula is C10H9ClO2. The van der Waals surface area contributed by atoms with Gasteiger partial charge >= 0.3 is 0 Å². The number of hydrogen-bond acceptors (Lipinski definition) is 2. The lowest BCUT2D eigenvalue weighted by Gasteiger charge is -1.95. The van der Waals surface area contributed by atoms with E-state index < -0.39 is 0 Å². The van der Waals surface area contributed by atoms with Gasteiger partial charge in [0, 0.05) is 11.5 Å². The van der Waals surface area contributed by atoms with Crippen molar-refractivity contribution in [3.05, 3.63) is 30.3 Å². The third-order valence-corrected chi connectivity index (χ3v) is 1.88. The van der Waals surface area contributed by atoms with Crippen LogP contribution in [-0.4, -0.2) is 12.5 Å². The molecule has 0 N–H and O–H groups in total. The first-order chi connectivity index (χ1) is 6.40. The van der Waals surface area contributed by atoms with E-state index >= 15 is 0 Å². The van der Waals surface area contributed by atoms with Crippen molar-refractivity contribution < 1.29 is 9.15 Å². The molecule has 1 aromatic heterocycles. The van der Waals surface area contributed by atoms with Gasteiger partial charge in [-0.3, -0.25) is 0 Å². The van der Waals surface area contributed by atoms with Crippen molar-refractivity contribution in [1.82, 2.24) is 0 Å². The third-order valence-electron chi connectivity index (χ3n) is 1.72. The highest BCUT2D eigenvalue weighted by atomic mass is 35.5. The van der Waals surface area contributed by atoms with E-state index in [-0.39, 0.29) is 0 Å². The Hall–Kier alpha value is -1.15. The number of rotatable bonds is 3. The van der Waals surface area contributed by atoms with Crippen LogP contribution in [-0.2, 0) is 0 Å². The van der Waals surface area contributed by atoms with Gasteiger partial charge in [0.15, 0.2) is 0 Å². The Bertz CT molecular complexity index is 361. The zero-order valence-electron chi connectivity index (χ0n) is 7.00.